The topological polar surface area (TPSA) is 72.9 Å². The Morgan fingerprint density at radius 3 is 2.30 bits per heavy atom. The number of aliphatic hydroxyl groups is 1. The summed E-state index contributed by atoms with van der Waals surface area (Å²) in [6, 6.07) is 8.28. The van der Waals surface area contributed by atoms with Gasteiger partial charge in [0.25, 0.3) is 0 Å². The maximum Gasteiger partial charge on any atom is 0.163 e. The molecule has 3 heterocycles. The van der Waals surface area contributed by atoms with Crippen molar-refractivity contribution in [3.05, 3.63) is 36.0 Å². The second kappa shape index (κ2) is 7.31. The van der Waals surface area contributed by atoms with Crippen molar-refractivity contribution in [3.8, 4) is 0 Å². The molecule has 2 aliphatic rings. The van der Waals surface area contributed by atoms with Crippen LogP contribution in [0.1, 0.15) is 59.9 Å². The van der Waals surface area contributed by atoms with E-state index in [4.69, 9.17) is 18.9 Å². The second-order valence-corrected chi connectivity index (χ2v) is 10.6. The summed E-state index contributed by atoms with van der Waals surface area (Å²) in [6.07, 6.45) is -0.152. The summed E-state index contributed by atoms with van der Waals surface area (Å²) in [7, 11) is 0. The Morgan fingerprint density at radius 2 is 1.67 bits per heavy atom. The number of hydrogen-bond acceptors (Lipinski definition) is 5. The smallest absolute Gasteiger partial charge is 0.163 e. The average Bonchev–Trinajstić information content (AvgIpc) is 3.29. The Labute approximate surface area is 178 Å². The van der Waals surface area contributed by atoms with E-state index >= 15 is 0 Å². The maximum atomic E-state index is 11.3. The van der Waals surface area contributed by atoms with Crippen LogP contribution in [0.4, 0.5) is 0 Å². The molecule has 1 aromatic carbocycles. The first kappa shape index (κ1) is 21.8. The summed E-state index contributed by atoms with van der Waals surface area (Å²) < 4.78 is 24.4. The van der Waals surface area contributed by atoms with E-state index in [1.807, 2.05) is 39.8 Å². The number of H-pyrrole nitrogens is 1. The minimum absolute atomic E-state index is 0.00888. The molecular weight excluding hydrogens is 382 g/mol. The molecule has 2 fully saturated rings. The monoisotopic (exact) mass is 417 g/mol. The molecule has 0 amide bonds. The van der Waals surface area contributed by atoms with Crippen LogP contribution < -0.4 is 0 Å². The largest absolute Gasteiger partial charge is 0.387 e. The van der Waals surface area contributed by atoms with Gasteiger partial charge in [0.2, 0.25) is 0 Å². The maximum absolute atomic E-state index is 11.3. The standard InChI is InChI=1S/C24H35NO5/c1-22(2,3)18(15-12-25-16-11-9-8-10-14(15)16)20-21(30-24(6,7)29-20)19(26)17-13-27-23(4,5)28-17/h8-12,17-21,25-26H,13H2,1-7H3. The van der Waals surface area contributed by atoms with Gasteiger partial charge in [0.05, 0.1) is 12.7 Å². The first-order valence-corrected chi connectivity index (χ1v) is 10.8. The molecule has 6 heteroatoms. The van der Waals surface area contributed by atoms with Crippen molar-refractivity contribution < 1.29 is 24.1 Å². The lowest BCUT2D eigenvalue weighted by Gasteiger charge is -2.38. The van der Waals surface area contributed by atoms with Crippen LogP contribution in [0.25, 0.3) is 10.9 Å². The number of aliphatic hydroxyl groups excluding tert-OH is 1. The lowest BCUT2D eigenvalue weighted by atomic mass is 9.71. The van der Waals surface area contributed by atoms with Gasteiger partial charge < -0.3 is 29.0 Å². The predicted molar refractivity (Wildman–Crippen MR) is 115 cm³/mol. The number of hydrogen-bond donors (Lipinski definition) is 2. The van der Waals surface area contributed by atoms with E-state index < -0.39 is 29.9 Å². The average molecular weight is 418 g/mol. The number of rotatable bonds is 4. The van der Waals surface area contributed by atoms with Gasteiger partial charge in [-0.3, -0.25) is 0 Å². The van der Waals surface area contributed by atoms with Gasteiger partial charge in [-0.25, -0.2) is 0 Å². The highest BCUT2D eigenvalue weighted by molar-refractivity contribution is 5.83. The number of para-hydroxylation sites is 1. The molecule has 2 aromatic rings. The molecule has 2 aliphatic heterocycles. The number of aromatic nitrogens is 1. The molecule has 2 saturated heterocycles. The van der Waals surface area contributed by atoms with E-state index in [0.29, 0.717) is 6.61 Å². The van der Waals surface area contributed by atoms with Gasteiger partial charge in [0.1, 0.15) is 18.3 Å². The summed E-state index contributed by atoms with van der Waals surface area (Å²) in [4.78, 5) is 3.39. The van der Waals surface area contributed by atoms with E-state index in [-0.39, 0.29) is 17.4 Å². The Bertz CT molecular complexity index is 896. The fourth-order valence-electron chi connectivity index (χ4n) is 4.92. The van der Waals surface area contributed by atoms with E-state index in [1.54, 1.807) is 0 Å². The number of fused-ring (bicyclic) bond motifs is 1. The van der Waals surface area contributed by atoms with Gasteiger partial charge >= 0.3 is 0 Å². The first-order chi connectivity index (χ1) is 13.9. The summed E-state index contributed by atoms with van der Waals surface area (Å²) in [6.45, 7) is 14.5. The fraction of sp³-hybridized carbons (Fsp3) is 0.667. The second-order valence-electron chi connectivity index (χ2n) is 10.6. The van der Waals surface area contributed by atoms with Crippen LogP contribution in [0.15, 0.2) is 30.5 Å². The van der Waals surface area contributed by atoms with Crippen LogP contribution in [0.3, 0.4) is 0 Å². The van der Waals surface area contributed by atoms with Gasteiger partial charge in [-0.2, -0.15) is 0 Å². The van der Waals surface area contributed by atoms with E-state index in [1.165, 1.54) is 10.9 Å². The zero-order chi connectivity index (χ0) is 21.9. The van der Waals surface area contributed by atoms with Crippen LogP contribution in [0, 0.1) is 5.41 Å². The molecule has 4 rings (SSSR count). The van der Waals surface area contributed by atoms with Gasteiger partial charge in [-0.05, 0) is 44.7 Å². The molecule has 30 heavy (non-hydrogen) atoms. The highest BCUT2D eigenvalue weighted by atomic mass is 16.8. The molecule has 0 bridgehead atoms. The summed E-state index contributed by atoms with van der Waals surface area (Å²) in [5, 5.41) is 12.5. The van der Waals surface area contributed by atoms with Crippen molar-refractivity contribution >= 4 is 10.9 Å². The van der Waals surface area contributed by atoms with E-state index in [2.05, 4.69) is 44.1 Å². The minimum atomic E-state index is -0.867. The van der Waals surface area contributed by atoms with Crippen molar-refractivity contribution in [1.82, 2.24) is 4.98 Å². The molecule has 2 N–H and O–H groups in total. The lowest BCUT2D eigenvalue weighted by molar-refractivity contribution is -0.178. The molecule has 1 aromatic heterocycles. The predicted octanol–water partition coefficient (Wildman–Crippen LogP) is 4.33. The first-order valence-electron chi connectivity index (χ1n) is 10.8. The number of benzene rings is 1. The van der Waals surface area contributed by atoms with Crippen LogP contribution in [-0.4, -0.2) is 52.7 Å². The molecule has 5 unspecified atom stereocenters. The van der Waals surface area contributed by atoms with E-state index in [0.717, 1.165) is 5.52 Å². The molecule has 5 atom stereocenters. The molecule has 0 aliphatic carbocycles. The van der Waals surface area contributed by atoms with Gasteiger partial charge in [-0.15, -0.1) is 0 Å². The highest BCUT2D eigenvalue weighted by Gasteiger charge is 2.54. The van der Waals surface area contributed by atoms with Crippen LogP contribution in [-0.2, 0) is 18.9 Å². The van der Waals surface area contributed by atoms with Crippen molar-refractivity contribution in [2.45, 2.75) is 90.4 Å². The molecule has 166 valence electrons. The van der Waals surface area contributed by atoms with Crippen molar-refractivity contribution in [1.29, 1.82) is 0 Å². The quantitative estimate of drug-likeness (QED) is 0.775. The van der Waals surface area contributed by atoms with E-state index in [9.17, 15) is 5.11 Å². The highest BCUT2D eigenvalue weighted by Crippen LogP contribution is 2.48. The SMILES string of the molecule is CC1(C)OCC(C(O)C2OC(C)(C)OC2C(c2c[nH]c3ccccc23)C(C)(C)C)O1. The molecule has 0 spiro atoms. The van der Waals surface area contributed by atoms with Crippen LogP contribution in [0.5, 0.6) is 0 Å². The summed E-state index contributed by atoms with van der Waals surface area (Å²) in [5.41, 5.74) is 2.13. The minimum Gasteiger partial charge on any atom is -0.387 e. The van der Waals surface area contributed by atoms with Gasteiger partial charge in [0.15, 0.2) is 11.6 Å². The number of ether oxygens (including phenoxy) is 4. The van der Waals surface area contributed by atoms with Crippen LogP contribution >= 0.6 is 0 Å². The molecule has 0 radical (unpaired) electrons. The van der Waals surface area contributed by atoms with Crippen molar-refractivity contribution in [3.63, 3.8) is 0 Å². The molecule has 0 saturated carbocycles. The summed E-state index contributed by atoms with van der Waals surface area (Å²) in [5.74, 6) is -1.53. The van der Waals surface area contributed by atoms with Crippen LogP contribution in [0.2, 0.25) is 0 Å². The fourth-order valence-corrected chi connectivity index (χ4v) is 4.92. The van der Waals surface area contributed by atoms with Crippen molar-refractivity contribution in [2.75, 3.05) is 6.61 Å². The Balaban J connectivity index is 1.73. The summed E-state index contributed by atoms with van der Waals surface area (Å²) >= 11 is 0. The third-order valence-corrected chi connectivity index (χ3v) is 6.13. The molecular formula is C24H35NO5. The van der Waals surface area contributed by atoms with Gasteiger partial charge in [-0.1, -0.05) is 39.0 Å². The third kappa shape index (κ3) is 4.04. The molecule has 6 nitrogen and oxygen atoms in total. The van der Waals surface area contributed by atoms with Gasteiger partial charge in [0, 0.05) is 23.0 Å². The number of nitrogens with one attached hydrogen (secondary N) is 1. The zero-order valence-electron chi connectivity index (χ0n) is 19.1. The van der Waals surface area contributed by atoms with Crippen molar-refractivity contribution in [2.24, 2.45) is 5.41 Å². The Kier molecular flexibility index (Phi) is 5.31. The normalized spacial score (nSPS) is 30.6. The third-order valence-electron chi connectivity index (χ3n) is 6.13. The Morgan fingerprint density at radius 1 is 1.00 bits per heavy atom. The zero-order valence-corrected chi connectivity index (χ0v) is 19.1. The number of aromatic amines is 1. The Hall–Kier alpha value is -1.44. The lowest BCUT2D eigenvalue weighted by Crippen LogP contribution is -2.48.